The van der Waals surface area contributed by atoms with Crippen molar-refractivity contribution < 1.29 is 18.0 Å². The molecule has 0 aromatic carbocycles. The topological polar surface area (TPSA) is 44.4 Å². The van der Waals surface area contributed by atoms with Crippen LogP contribution in [0.4, 0.5) is 18.0 Å². The van der Waals surface area contributed by atoms with Gasteiger partial charge in [-0.05, 0) is 19.3 Å². The first kappa shape index (κ1) is 15.4. The molecular formula is C13H22F3N3O. The van der Waals surface area contributed by atoms with E-state index in [1.54, 1.807) is 0 Å². The predicted octanol–water partition coefficient (Wildman–Crippen LogP) is 2.25. The van der Waals surface area contributed by atoms with E-state index in [9.17, 15) is 18.0 Å². The Morgan fingerprint density at radius 3 is 2.35 bits per heavy atom. The highest BCUT2D eigenvalue weighted by molar-refractivity contribution is 5.74. The Bertz CT molecular complexity index is 329. The molecule has 1 heterocycles. The van der Waals surface area contributed by atoms with Crippen molar-refractivity contribution in [2.75, 3.05) is 19.6 Å². The van der Waals surface area contributed by atoms with Gasteiger partial charge < -0.3 is 10.6 Å². The average molecular weight is 293 g/mol. The maximum Gasteiger partial charge on any atom is 0.401 e. The zero-order valence-corrected chi connectivity index (χ0v) is 11.5. The van der Waals surface area contributed by atoms with Gasteiger partial charge in [-0.2, -0.15) is 13.2 Å². The van der Waals surface area contributed by atoms with E-state index < -0.39 is 12.7 Å². The summed E-state index contributed by atoms with van der Waals surface area (Å²) in [6.07, 6.45) is 1.89. The fourth-order valence-electron chi connectivity index (χ4n) is 3.01. The van der Waals surface area contributed by atoms with Gasteiger partial charge in [0.15, 0.2) is 0 Å². The first-order chi connectivity index (χ1) is 9.42. The molecule has 4 nitrogen and oxygen atoms in total. The second-order valence-electron chi connectivity index (χ2n) is 5.79. The third-order valence-electron chi connectivity index (χ3n) is 3.95. The number of amides is 2. The largest absolute Gasteiger partial charge is 0.401 e. The highest BCUT2D eigenvalue weighted by Gasteiger charge is 2.34. The van der Waals surface area contributed by atoms with Gasteiger partial charge in [-0.3, -0.25) is 4.90 Å². The van der Waals surface area contributed by atoms with Crippen LogP contribution in [0, 0.1) is 0 Å². The molecule has 2 fully saturated rings. The summed E-state index contributed by atoms with van der Waals surface area (Å²) in [6, 6.07) is -0.201. The van der Waals surface area contributed by atoms with E-state index in [0.717, 1.165) is 25.7 Å². The standard InChI is InChI=1S/C13H22F3N3O/c14-13(15,16)9-19-7-6-11(8-19)18-12(20)17-10-4-2-1-3-5-10/h10-11H,1-9H2,(H2,17,18,20). The monoisotopic (exact) mass is 293 g/mol. The molecule has 0 aromatic rings. The van der Waals surface area contributed by atoms with Crippen LogP contribution in [0.1, 0.15) is 38.5 Å². The Morgan fingerprint density at radius 1 is 1.05 bits per heavy atom. The van der Waals surface area contributed by atoms with Gasteiger partial charge in [0.1, 0.15) is 0 Å². The van der Waals surface area contributed by atoms with Crippen LogP contribution in [0.3, 0.4) is 0 Å². The van der Waals surface area contributed by atoms with E-state index in [1.165, 1.54) is 11.3 Å². The van der Waals surface area contributed by atoms with Crippen LogP contribution in [0.15, 0.2) is 0 Å². The molecule has 1 atom stereocenters. The fourth-order valence-corrected chi connectivity index (χ4v) is 3.01. The Kier molecular flexibility index (Phi) is 5.12. The summed E-state index contributed by atoms with van der Waals surface area (Å²) >= 11 is 0. The molecule has 1 aliphatic heterocycles. The molecule has 2 N–H and O–H groups in total. The van der Waals surface area contributed by atoms with Crippen LogP contribution < -0.4 is 10.6 Å². The fraction of sp³-hybridized carbons (Fsp3) is 0.923. The quantitative estimate of drug-likeness (QED) is 0.838. The lowest BCUT2D eigenvalue weighted by Crippen LogP contribution is -2.47. The summed E-state index contributed by atoms with van der Waals surface area (Å²) in [7, 11) is 0. The minimum Gasteiger partial charge on any atom is -0.335 e. The first-order valence-electron chi connectivity index (χ1n) is 7.28. The van der Waals surface area contributed by atoms with E-state index in [-0.39, 0.29) is 24.7 Å². The van der Waals surface area contributed by atoms with Crippen LogP contribution in [0.25, 0.3) is 0 Å². The third-order valence-corrected chi connectivity index (χ3v) is 3.95. The van der Waals surface area contributed by atoms with Crippen molar-refractivity contribution in [3.8, 4) is 0 Å². The molecule has 1 saturated heterocycles. The zero-order chi connectivity index (χ0) is 14.6. The summed E-state index contributed by atoms with van der Waals surface area (Å²) in [5, 5.41) is 5.70. The van der Waals surface area contributed by atoms with E-state index in [4.69, 9.17) is 0 Å². The lowest BCUT2D eigenvalue weighted by Gasteiger charge is -2.24. The molecule has 20 heavy (non-hydrogen) atoms. The molecule has 116 valence electrons. The second kappa shape index (κ2) is 6.65. The Balaban J connectivity index is 1.67. The van der Waals surface area contributed by atoms with Gasteiger partial charge in [-0.1, -0.05) is 19.3 Å². The van der Waals surface area contributed by atoms with Crippen molar-refractivity contribution >= 4 is 6.03 Å². The Labute approximate surface area is 117 Å². The number of urea groups is 1. The first-order valence-corrected chi connectivity index (χ1v) is 7.28. The van der Waals surface area contributed by atoms with E-state index in [2.05, 4.69) is 10.6 Å². The molecular weight excluding hydrogens is 271 g/mol. The van der Waals surface area contributed by atoms with Gasteiger partial charge in [-0.25, -0.2) is 4.79 Å². The van der Waals surface area contributed by atoms with Crippen molar-refractivity contribution in [1.29, 1.82) is 0 Å². The zero-order valence-electron chi connectivity index (χ0n) is 11.5. The second-order valence-corrected chi connectivity index (χ2v) is 5.79. The summed E-state index contributed by atoms with van der Waals surface area (Å²) in [6.45, 7) is -0.235. The van der Waals surface area contributed by atoms with Gasteiger partial charge in [-0.15, -0.1) is 0 Å². The summed E-state index contributed by atoms with van der Waals surface area (Å²) in [5.74, 6) is 0. The Hall–Kier alpha value is -0.980. The number of halogens is 3. The number of nitrogens with zero attached hydrogens (tertiary/aromatic N) is 1. The molecule has 0 radical (unpaired) electrons. The number of hydrogen-bond acceptors (Lipinski definition) is 2. The van der Waals surface area contributed by atoms with Crippen LogP contribution in [0.2, 0.25) is 0 Å². The molecule has 0 aromatic heterocycles. The smallest absolute Gasteiger partial charge is 0.335 e. The number of alkyl halides is 3. The molecule has 0 bridgehead atoms. The molecule has 2 aliphatic rings. The molecule has 7 heteroatoms. The molecule has 2 amide bonds. The maximum atomic E-state index is 12.3. The number of hydrogen-bond donors (Lipinski definition) is 2. The van der Waals surface area contributed by atoms with Gasteiger partial charge in [0, 0.05) is 25.2 Å². The van der Waals surface area contributed by atoms with E-state index >= 15 is 0 Å². The maximum absolute atomic E-state index is 12.3. The minimum atomic E-state index is -4.17. The lowest BCUT2D eigenvalue weighted by atomic mass is 9.96. The van der Waals surface area contributed by atoms with Crippen molar-refractivity contribution in [2.24, 2.45) is 0 Å². The summed E-state index contributed by atoms with van der Waals surface area (Å²) in [4.78, 5) is 13.1. The highest BCUT2D eigenvalue weighted by Crippen LogP contribution is 2.20. The van der Waals surface area contributed by atoms with E-state index in [1.807, 2.05) is 0 Å². The van der Waals surface area contributed by atoms with Crippen LogP contribution in [0.5, 0.6) is 0 Å². The third kappa shape index (κ3) is 5.19. The van der Waals surface area contributed by atoms with Gasteiger partial charge in [0.05, 0.1) is 6.54 Å². The molecule has 1 saturated carbocycles. The van der Waals surface area contributed by atoms with Crippen LogP contribution in [-0.2, 0) is 0 Å². The number of rotatable bonds is 3. The van der Waals surface area contributed by atoms with Crippen molar-refractivity contribution in [3.05, 3.63) is 0 Å². The molecule has 2 rings (SSSR count). The van der Waals surface area contributed by atoms with Gasteiger partial charge in [0.25, 0.3) is 0 Å². The SMILES string of the molecule is O=C(NC1CCCCC1)NC1CCN(CC(F)(F)F)C1. The normalized spacial score (nSPS) is 25.6. The van der Waals surface area contributed by atoms with E-state index in [0.29, 0.717) is 13.0 Å². The predicted molar refractivity (Wildman–Crippen MR) is 69.4 cm³/mol. The number of nitrogens with one attached hydrogen (secondary N) is 2. The molecule has 0 spiro atoms. The van der Waals surface area contributed by atoms with Crippen molar-refractivity contribution in [3.63, 3.8) is 0 Å². The lowest BCUT2D eigenvalue weighted by molar-refractivity contribution is -0.143. The van der Waals surface area contributed by atoms with Gasteiger partial charge >= 0.3 is 12.2 Å². The van der Waals surface area contributed by atoms with Crippen LogP contribution >= 0.6 is 0 Å². The van der Waals surface area contributed by atoms with Gasteiger partial charge in [0.2, 0.25) is 0 Å². The number of carbonyl (C=O) groups excluding carboxylic acids is 1. The Morgan fingerprint density at radius 2 is 1.70 bits per heavy atom. The van der Waals surface area contributed by atoms with Crippen LogP contribution in [-0.4, -0.2) is 48.8 Å². The summed E-state index contributed by atoms with van der Waals surface area (Å²) < 4.78 is 36.8. The summed E-state index contributed by atoms with van der Waals surface area (Å²) in [5.41, 5.74) is 0. The average Bonchev–Trinajstić information content (AvgIpc) is 2.75. The number of likely N-dealkylation sites (tertiary alicyclic amines) is 1. The highest BCUT2D eigenvalue weighted by atomic mass is 19.4. The minimum absolute atomic E-state index is 0.180. The van der Waals surface area contributed by atoms with Crippen molar-refractivity contribution in [1.82, 2.24) is 15.5 Å². The number of carbonyl (C=O) groups is 1. The van der Waals surface area contributed by atoms with Crippen molar-refractivity contribution in [2.45, 2.75) is 56.8 Å². The molecule has 1 aliphatic carbocycles. The molecule has 1 unspecified atom stereocenters.